The number of rotatable bonds is 2. The average molecular weight is 180 g/mol. The van der Waals surface area contributed by atoms with Gasteiger partial charge in [0, 0.05) is 5.56 Å². The summed E-state index contributed by atoms with van der Waals surface area (Å²) in [6.07, 6.45) is 5.31. The second-order valence-corrected chi connectivity index (χ2v) is 2.68. The number of furan rings is 1. The fourth-order valence-electron chi connectivity index (χ4n) is 1.06. The molecule has 0 aliphatic carbocycles. The van der Waals surface area contributed by atoms with Crippen molar-refractivity contribution in [2.24, 2.45) is 0 Å². The van der Waals surface area contributed by atoms with Crippen LogP contribution in [0, 0.1) is 13.8 Å². The summed E-state index contributed by atoms with van der Waals surface area (Å²) in [4.78, 5) is 0. The second-order valence-electron chi connectivity index (χ2n) is 2.68. The van der Waals surface area contributed by atoms with E-state index in [1.54, 1.807) is 0 Å². The van der Waals surface area contributed by atoms with Crippen molar-refractivity contribution in [3.63, 3.8) is 0 Å². The van der Waals surface area contributed by atoms with Crippen molar-refractivity contribution in [1.82, 2.24) is 0 Å². The predicted molar refractivity (Wildman–Crippen MR) is 58.9 cm³/mol. The zero-order valence-corrected chi connectivity index (χ0v) is 9.35. The zero-order chi connectivity index (χ0) is 10.3. The van der Waals surface area contributed by atoms with Crippen LogP contribution in [0.5, 0.6) is 0 Å². The van der Waals surface area contributed by atoms with E-state index in [-0.39, 0.29) is 0 Å². The maximum atomic E-state index is 5.36. The van der Waals surface area contributed by atoms with Gasteiger partial charge in [-0.05, 0) is 26.3 Å². The molecule has 0 unspecified atom stereocenters. The summed E-state index contributed by atoms with van der Waals surface area (Å²) in [5.74, 6) is 1.99. The third-order valence-electron chi connectivity index (χ3n) is 1.61. The number of aryl methyl sites for hydroxylation is 2. The van der Waals surface area contributed by atoms with Gasteiger partial charge in [0.1, 0.15) is 11.5 Å². The SMILES string of the molecule is CC.CC/C=C\c1cc(C)oc1C. The lowest BCUT2D eigenvalue weighted by molar-refractivity contribution is 0.504. The zero-order valence-electron chi connectivity index (χ0n) is 9.35. The predicted octanol–water partition coefficient (Wildman–Crippen LogP) is 4.35. The molecule has 1 aromatic rings. The smallest absolute Gasteiger partial charge is 0.108 e. The fraction of sp³-hybridized carbons (Fsp3) is 0.500. The van der Waals surface area contributed by atoms with Gasteiger partial charge in [-0.25, -0.2) is 0 Å². The molecule has 0 fully saturated rings. The monoisotopic (exact) mass is 180 g/mol. The molecule has 0 atom stereocenters. The van der Waals surface area contributed by atoms with Crippen molar-refractivity contribution in [1.29, 1.82) is 0 Å². The van der Waals surface area contributed by atoms with E-state index in [1.807, 2.05) is 27.7 Å². The average Bonchev–Trinajstić information content (AvgIpc) is 2.45. The molecule has 0 spiro atoms. The highest BCUT2D eigenvalue weighted by Crippen LogP contribution is 2.14. The Morgan fingerprint density at radius 3 is 2.31 bits per heavy atom. The van der Waals surface area contributed by atoms with Crippen LogP contribution < -0.4 is 0 Å². The molecule has 0 aliphatic heterocycles. The van der Waals surface area contributed by atoms with Crippen molar-refractivity contribution < 1.29 is 4.42 Å². The minimum absolute atomic E-state index is 0.984. The van der Waals surface area contributed by atoms with Crippen LogP contribution in [0.4, 0.5) is 0 Å². The first-order valence-electron chi connectivity index (χ1n) is 4.97. The van der Waals surface area contributed by atoms with Gasteiger partial charge in [0.05, 0.1) is 0 Å². The molecule has 0 radical (unpaired) electrons. The molecule has 13 heavy (non-hydrogen) atoms. The highest BCUT2D eigenvalue weighted by Gasteiger charge is 1.98. The van der Waals surface area contributed by atoms with Crippen molar-refractivity contribution >= 4 is 6.08 Å². The Labute approximate surface area is 81.5 Å². The molecule has 0 saturated carbocycles. The Hall–Kier alpha value is -0.980. The standard InChI is InChI=1S/C10H14O.C2H6/c1-4-5-6-10-7-8(2)11-9(10)3;1-2/h5-7H,4H2,1-3H3;1-2H3/b6-5-;. The highest BCUT2D eigenvalue weighted by atomic mass is 16.3. The molecule has 1 aromatic heterocycles. The van der Waals surface area contributed by atoms with E-state index in [0.717, 1.165) is 17.9 Å². The lowest BCUT2D eigenvalue weighted by Gasteiger charge is -1.85. The quantitative estimate of drug-likeness (QED) is 0.659. The number of allylic oxidation sites excluding steroid dienone is 1. The van der Waals surface area contributed by atoms with Gasteiger partial charge in [-0.1, -0.05) is 32.9 Å². The minimum atomic E-state index is 0.984. The maximum absolute atomic E-state index is 5.36. The summed E-state index contributed by atoms with van der Waals surface area (Å²) in [5, 5.41) is 0. The molecule has 0 aromatic carbocycles. The maximum Gasteiger partial charge on any atom is 0.108 e. The summed E-state index contributed by atoms with van der Waals surface area (Å²) in [6, 6.07) is 2.06. The molecule has 0 saturated heterocycles. The molecule has 0 N–H and O–H groups in total. The van der Waals surface area contributed by atoms with Crippen LogP contribution in [0.15, 0.2) is 16.6 Å². The third-order valence-corrected chi connectivity index (χ3v) is 1.61. The molecule has 1 heteroatoms. The summed E-state index contributed by atoms with van der Waals surface area (Å²) in [7, 11) is 0. The fourth-order valence-corrected chi connectivity index (χ4v) is 1.06. The molecule has 0 aliphatic rings. The molecule has 74 valence electrons. The van der Waals surface area contributed by atoms with Gasteiger partial charge in [-0.3, -0.25) is 0 Å². The second kappa shape index (κ2) is 6.53. The minimum Gasteiger partial charge on any atom is -0.466 e. The molecule has 0 bridgehead atoms. The van der Waals surface area contributed by atoms with Gasteiger partial charge in [0.15, 0.2) is 0 Å². The van der Waals surface area contributed by atoms with Crippen LogP contribution >= 0.6 is 0 Å². The van der Waals surface area contributed by atoms with E-state index in [2.05, 4.69) is 25.1 Å². The van der Waals surface area contributed by atoms with Crippen LogP contribution in [-0.4, -0.2) is 0 Å². The molecule has 0 amide bonds. The van der Waals surface area contributed by atoms with Crippen LogP contribution in [0.25, 0.3) is 6.08 Å². The first-order valence-corrected chi connectivity index (χ1v) is 4.97. The summed E-state index contributed by atoms with van der Waals surface area (Å²) < 4.78 is 5.36. The number of hydrogen-bond donors (Lipinski definition) is 0. The van der Waals surface area contributed by atoms with Gasteiger partial charge in [-0.15, -0.1) is 0 Å². The summed E-state index contributed by atoms with van der Waals surface area (Å²) >= 11 is 0. The van der Waals surface area contributed by atoms with Gasteiger partial charge in [0.25, 0.3) is 0 Å². The van der Waals surface area contributed by atoms with Crippen molar-refractivity contribution in [2.75, 3.05) is 0 Å². The van der Waals surface area contributed by atoms with Gasteiger partial charge < -0.3 is 4.42 Å². The normalized spacial score (nSPS) is 9.92. The topological polar surface area (TPSA) is 13.1 Å². The van der Waals surface area contributed by atoms with E-state index in [0.29, 0.717) is 0 Å². The van der Waals surface area contributed by atoms with Crippen LogP contribution in [-0.2, 0) is 0 Å². The Balaban J connectivity index is 0.000000671. The van der Waals surface area contributed by atoms with Crippen LogP contribution in [0.3, 0.4) is 0 Å². The highest BCUT2D eigenvalue weighted by molar-refractivity contribution is 5.51. The lowest BCUT2D eigenvalue weighted by atomic mass is 10.2. The van der Waals surface area contributed by atoms with E-state index in [9.17, 15) is 0 Å². The third kappa shape index (κ3) is 3.97. The van der Waals surface area contributed by atoms with Crippen molar-refractivity contribution in [3.8, 4) is 0 Å². The van der Waals surface area contributed by atoms with Crippen LogP contribution in [0.1, 0.15) is 44.3 Å². The number of hydrogen-bond acceptors (Lipinski definition) is 1. The van der Waals surface area contributed by atoms with E-state index >= 15 is 0 Å². The Morgan fingerprint density at radius 1 is 1.31 bits per heavy atom. The van der Waals surface area contributed by atoms with Gasteiger partial charge in [-0.2, -0.15) is 0 Å². The van der Waals surface area contributed by atoms with E-state index in [1.165, 1.54) is 5.56 Å². The van der Waals surface area contributed by atoms with E-state index < -0.39 is 0 Å². The van der Waals surface area contributed by atoms with Crippen molar-refractivity contribution in [2.45, 2.75) is 41.0 Å². The Morgan fingerprint density at radius 2 is 1.92 bits per heavy atom. The first-order chi connectivity index (χ1) is 6.24. The molecular weight excluding hydrogens is 160 g/mol. The van der Waals surface area contributed by atoms with Crippen molar-refractivity contribution in [3.05, 3.63) is 29.2 Å². The Kier molecular flexibility index (Phi) is 6.03. The van der Waals surface area contributed by atoms with Gasteiger partial charge in [0.2, 0.25) is 0 Å². The first kappa shape index (κ1) is 12.0. The van der Waals surface area contributed by atoms with Gasteiger partial charge >= 0.3 is 0 Å². The molecule has 1 rings (SSSR count). The molecule has 1 nitrogen and oxygen atoms in total. The summed E-state index contributed by atoms with van der Waals surface area (Å²) in [5.41, 5.74) is 1.20. The summed E-state index contributed by atoms with van der Waals surface area (Å²) in [6.45, 7) is 10.1. The molecule has 1 heterocycles. The van der Waals surface area contributed by atoms with Crippen LogP contribution in [0.2, 0.25) is 0 Å². The molecular formula is C12H20O. The lowest BCUT2D eigenvalue weighted by Crippen LogP contribution is -1.67. The Bertz CT molecular complexity index is 256. The van der Waals surface area contributed by atoms with E-state index in [4.69, 9.17) is 4.42 Å². The largest absolute Gasteiger partial charge is 0.466 e.